The van der Waals surface area contributed by atoms with Crippen molar-refractivity contribution in [1.82, 2.24) is 0 Å². The molecule has 0 spiro atoms. The number of fused-ring (bicyclic) bond motifs is 1. The van der Waals surface area contributed by atoms with E-state index >= 15 is 0 Å². The topological polar surface area (TPSA) is 111 Å². The van der Waals surface area contributed by atoms with Gasteiger partial charge in [-0.25, -0.2) is 16.8 Å². The van der Waals surface area contributed by atoms with E-state index in [4.69, 9.17) is 9.47 Å². The van der Waals surface area contributed by atoms with Crippen molar-refractivity contribution in [3.63, 3.8) is 0 Å². The van der Waals surface area contributed by atoms with Gasteiger partial charge in [0.2, 0.25) is 19.7 Å². The second-order valence-corrected chi connectivity index (χ2v) is 9.44. The maximum atomic E-state index is 12.6. The number of hydrogen-bond donors (Lipinski definition) is 1. The molecule has 0 bridgehead atoms. The predicted octanol–water partition coefficient (Wildman–Crippen LogP) is 1.96. The molecule has 1 aliphatic rings. The van der Waals surface area contributed by atoms with Gasteiger partial charge in [0.05, 0.1) is 29.7 Å². The van der Waals surface area contributed by atoms with E-state index in [0.717, 1.165) is 0 Å². The summed E-state index contributed by atoms with van der Waals surface area (Å²) >= 11 is 0. The van der Waals surface area contributed by atoms with Crippen LogP contribution < -0.4 is 14.9 Å². The quantitative estimate of drug-likeness (QED) is 0.786. The predicted molar refractivity (Wildman–Crippen MR) is 96.2 cm³/mol. The minimum atomic E-state index is -4.23. The van der Waals surface area contributed by atoms with Gasteiger partial charge in [0, 0.05) is 6.07 Å². The first-order chi connectivity index (χ1) is 12.2. The Bertz CT molecular complexity index is 1120. The van der Waals surface area contributed by atoms with E-state index in [1.54, 1.807) is 19.1 Å². The van der Waals surface area contributed by atoms with Gasteiger partial charge in [-0.05, 0) is 36.8 Å². The van der Waals surface area contributed by atoms with E-state index in [0.29, 0.717) is 22.7 Å². The molecule has 10 heteroatoms. The number of hydrazone groups is 1. The van der Waals surface area contributed by atoms with Crippen LogP contribution in [0.5, 0.6) is 11.5 Å². The summed E-state index contributed by atoms with van der Waals surface area (Å²) in [6.07, 6.45) is 0. The summed E-state index contributed by atoms with van der Waals surface area (Å²) in [6, 6.07) is 8.77. The minimum absolute atomic E-state index is 0.259. The molecular formula is C16H16N2O6S2. The van der Waals surface area contributed by atoms with E-state index in [1.807, 2.05) is 0 Å². The van der Waals surface area contributed by atoms with Gasteiger partial charge in [-0.1, -0.05) is 6.07 Å². The van der Waals surface area contributed by atoms with Crippen molar-refractivity contribution in [2.45, 2.75) is 16.7 Å². The summed E-state index contributed by atoms with van der Waals surface area (Å²) in [6.45, 7) is 1.68. The molecule has 2 aromatic carbocycles. The molecule has 138 valence electrons. The minimum Gasteiger partial charge on any atom is -0.493 e. The van der Waals surface area contributed by atoms with Gasteiger partial charge in [-0.2, -0.15) is 5.10 Å². The smallest absolute Gasteiger partial charge is 0.276 e. The number of ether oxygens (including phenoxy) is 2. The van der Waals surface area contributed by atoms with Gasteiger partial charge in [-0.15, -0.1) is 0 Å². The average molecular weight is 396 g/mol. The summed E-state index contributed by atoms with van der Waals surface area (Å²) in [5.41, 5.74) is 3.44. The van der Waals surface area contributed by atoms with Gasteiger partial charge in [0.15, 0.2) is 11.5 Å². The molecule has 0 aromatic heterocycles. The fourth-order valence-corrected chi connectivity index (χ4v) is 6.82. The number of hydrogen-bond acceptors (Lipinski definition) is 8. The lowest BCUT2D eigenvalue weighted by Crippen LogP contribution is -2.17. The second-order valence-electron chi connectivity index (χ2n) is 5.52. The molecule has 1 heterocycles. The lowest BCUT2D eigenvalue weighted by Gasteiger charge is -2.09. The Hall–Kier alpha value is -2.59. The van der Waals surface area contributed by atoms with E-state index in [-0.39, 0.29) is 9.79 Å². The zero-order chi connectivity index (χ0) is 19.1. The van der Waals surface area contributed by atoms with E-state index in [1.165, 1.54) is 38.5 Å². The second kappa shape index (κ2) is 6.29. The van der Waals surface area contributed by atoms with Crippen molar-refractivity contribution in [2.75, 3.05) is 19.6 Å². The Morgan fingerprint density at radius 1 is 0.846 bits per heavy atom. The number of methoxy groups -OCH3 is 2. The summed E-state index contributed by atoms with van der Waals surface area (Å²) in [5.74, 6) is 0.850. The van der Waals surface area contributed by atoms with Crippen LogP contribution in [0.2, 0.25) is 0 Å². The highest BCUT2D eigenvalue weighted by atomic mass is 32.3. The van der Waals surface area contributed by atoms with Crippen molar-refractivity contribution in [3.8, 4) is 11.5 Å². The third-order valence-electron chi connectivity index (χ3n) is 3.80. The van der Waals surface area contributed by atoms with Gasteiger partial charge >= 0.3 is 0 Å². The number of rotatable bonds is 4. The molecule has 26 heavy (non-hydrogen) atoms. The van der Waals surface area contributed by atoms with Gasteiger partial charge in [-0.3, -0.25) is 5.43 Å². The Balaban J connectivity index is 2.05. The van der Waals surface area contributed by atoms with E-state index in [2.05, 4.69) is 10.5 Å². The molecular weight excluding hydrogens is 380 g/mol. The van der Waals surface area contributed by atoms with Crippen molar-refractivity contribution in [2.24, 2.45) is 5.10 Å². The normalized spacial score (nSPS) is 18.3. The number of nitrogens with one attached hydrogen (secondary N) is 1. The number of anilines is 1. The fraction of sp³-hybridized carbons (Fsp3) is 0.188. The number of sulfone groups is 2. The first-order valence-electron chi connectivity index (χ1n) is 7.38. The number of nitrogens with zero attached hydrogens (tertiary/aromatic N) is 1. The highest BCUT2D eigenvalue weighted by molar-refractivity contribution is 8.33. The molecule has 3 rings (SSSR count). The first kappa shape index (κ1) is 18.2. The molecule has 0 aliphatic carbocycles. The molecule has 0 atom stereocenters. The lowest BCUT2D eigenvalue weighted by molar-refractivity contribution is 0.355. The van der Waals surface area contributed by atoms with E-state index < -0.39 is 24.1 Å². The molecule has 1 N–H and O–H groups in total. The standard InChI is InChI=1S/C16H16N2O6S2/c1-10-4-7-14-15(8-10)26(21,22)16(25(14,19)20)18-17-11-5-6-12(23-2)13(9-11)24-3/h4-9,17H,1-3H3/b18-16-. The monoisotopic (exact) mass is 396 g/mol. The molecule has 1 aliphatic heterocycles. The Kier molecular flexibility index (Phi) is 4.41. The van der Waals surface area contributed by atoms with Crippen LogP contribution in [0.15, 0.2) is 51.3 Å². The maximum absolute atomic E-state index is 12.6. The average Bonchev–Trinajstić information content (AvgIpc) is 2.75. The fourth-order valence-electron chi connectivity index (χ4n) is 2.52. The van der Waals surface area contributed by atoms with Crippen LogP contribution in [0.3, 0.4) is 0 Å². The highest BCUT2D eigenvalue weighted by Gasteiger charge is 2.47. The van der Waals surface area contributed by atoms with Crippen LogP contribution >= 0.6 is 0 Å². The van der Waals surface area contributed by atoms with Gasteiger partial charge in [0.1, 0.15) is 0 Å². The van der Waals surface area contributed by atoms with Gasteiger partial charge < -0.3 is 9.47 Å². The van der Waals surface area contributed by atoms with Crippen molar-refractivity contribution >= 4 is 29.7 Å². The third-order valence-corrected chi connectivity index (χ3v) is 8.20. The van der Waals surface area contributed by atoms with Crippen LogP contribution in [0.4, 0.5) is 5.69 Å². The summed E-state index contributed by atoms with van der Waals surface area (Å²) in [4.78, 5) is -0.527. The zero-order valence-electron chi connectivity index (χ0n) is 14.2. The maximum Gasteiger partial charge on any atom is 0.276 e. The van der Waals surface area contributed by atoms with Crippen molar-refractivity contribution in [1.29, 1.82) is 0 Å². The van der Waals surface area contributed by atoms with Gasteiger partial charge in [0.25, 0.3) is 4.38 Å². The molecule has 0 saturated heterocycles. The molecule has 0 amide bonds. The zero-order valence-corrected chi connectivity index (χ0v) is 15.8. The Morgan fingerprint density at radius 2 is 1.50 bits per heavy atom. The van der Waals surface area contributed by atoms with Crippen LogP contribution in [-0.2, 0) is 19.7 Å². The van der Waals surface area contributed by atoms with Crippen LogP contribution in [0, 0.1) is 6.92 Å². The third kappa shape index (κ3) is 2.80. The Morgan fingerprint density at radius 3 is 2.15 bits per heavy atom. The van der Waals surface area contributed by atoms with Crippen molar-refractivity contribution < 1.29 is 26.3 Å². The first-order valence-corrected chi connectivity index (χ1v) is 10.3. The van der Waals surface area contributed by atoms with E-state index in [9.17, 15) is 16.8 Å². The molecule has 2 aromatic rings. The van der Waals surface area contributed by atoms with Crippen LogP contribution in [-0.4, -0.2) is 35.4 Å². The molecule has 0 unspecified atom stereocenters. The molecule has 0 radical (unpaired) electrons. The van der Waals surface area contributed by atoms with Crippen LogP contribution in [0.25, 0.3) is 0 Å². The SMILES string of the molecule is COc1ccc(N/N=C2/S(=O)(=O)c3ccc(C)cc3S2(=O)=O)cc1OC. The lowest BCUT2D eigenvalue weighted by atomic mass is 10.2. The molecule has 8 nitrogen and oxygen atoms in total. The number of aryl methyl sites for hydroxylation is 1. The molecule has 0 saturated carbocycles. The largest absolute Gasteiger partial charge is 0.493 e. The van der Waals surface area contributed by atoms with Crippen LogP contribution in [0.1, 0.15) is 5.56 Å². The highest BCUT2D eigenvalue weighted by Crippen LogP contribution is 2.35. The van der Waals surface area contributed by atoms with Crippen molar-refractivity contribution in [3.05, 3.63) is 42.0 Å². The number of benzene rings is 2. The Labute approximate surface area is 151 Å². The summed E-state index contributed by atoms with van der Waals surface area (Å²) in [5, 5.41) is 3.67. The summed E-state index contributed by atoms with van der Waals surface area (Å²) < 4.78 is 59.6. The molecule has 0 fully saturated rings. The summed E-state index contributed by atoms with van der Waals surface area (Å²) in [7, 11) is -5.54.